The Morgan fingerprint density at radius 2 is 1.58 bits per heavy atom. The topological polar surface area (TPSA) is 0 Å². The molecular formula is C11H11Br. The molecule has 12 heavy (non-hydrogen) atoms. The molecule has 0 spiro atoms. The fraction of sp³-hybridized carbons (Fsp3) is 0.0909. The molecule has 0 unspecified atom stereocenters. The first kappa shape index (κ1) is 9.27. The summed E-state index contributed by atoms with van der Waals surface area (Å²) in [5.74, 6) is 0. The molecule has 0 aliphatic rings. The summed E-state index contributed by atoms with van der Waals surface area (Å²) in [6.45, 7) is 7.46. The van der Waals surface area contributed by atoms with Gasteiger partial charge in [0.2, 0.25) is 0 Å². The van der Waals surface area contributed by atoms with Crippen LogP contribution in [0.5, 0.6) is 0 Å². The van der Waals surface area contributed by atoms with Crippen molar-refractivity contribution in [2.24, 2.45) is 0 Å². The van der Waals surface area contributed by atoms with Gasteiger partial charge >= 0.3 is 0 Å². The lowest BCUT2D eigenvalue weighted by Gasteiger charge is -2.01. The highest BCUT2D eigenvalue weighted by atomic mass is 79.9. The van der Waals surface area contributed by atoms with Crippen molar-refractivity contribution in [1.82, 2.24) is 0 Å². The molecule has 0 aliphatic carbocycles. The average molecular weight is 223 g/mol. The summed E-state index contributed by atoms with van der Waals surface area (Å²) in [6, 6.07) is 6.27. The van der Waals surface area contributed by atoms with E-state index >= 15 is 0 Å². The van der Waals surface area contributed by atoms with E-state index in [0.717, 1.165) is 16.5 Å². The number of alkyl halides is 1. The molecule has 62 valence electrons. The van der Waals surface area contributed by atoms with Crippen molar-refractivity contribution < 1.29 is 0 Å². The van der Waals surface area contributed by atoms with Gasteiger partial charge in [0.25, 0.3) is 0 Å². The van der Waals surface area contributed by atoms with Gasteiger partial charge < -0.3 is 0 Å². The second-order valence-corrected chi connectivity index (χ2v) is 3.11. The fourth-order valence-electron chi connectivity index (χ4n) is 1.06. The minimum Gasteiger partial charge on any atom is -0.0985 e. The van der Waals surface area contributed by atoms with Gasteiger partial charge in [-0.1, -0.05) is 53.4 Å². The Morgan fingerprint density at radius 3 is 1.92 bits per heavy atom. The fourth-order valence-corrected chi connectivity index (χ4v) is 1.38. The monoisotopic (exact) mass is 222 g/mol. The summed E-state index contributed by atoms with van der Waals surface area (Å²) < 4.78 is 0. The zero-order valence-corrected chi connectivity index (χ0v) is 8.47. The molecule has 1 heteroatoms. The molecule has 0 N–H and O–H groups in total. The lowest BCUT2D eigenvalue weighted by atomic mass is 10.1. The van der Waals surface area contributed by atoms with Gasteiger partial charge in [0, 0.05) is 5.33 Å². The first-order chi connectivity index (χ1) is 5.80. The zero-order chi connectivity index (χ0) is 8.97. The SMILES string of the molecule is C=Cc1cc(C=C)cc(CBr)c1. The molecule has 0 aliphatic heterocycles. The predicted molar refractivity (Wildman–Crippen MR) is 59.3 cm³/mol. The Balaban J connectivity index is 3.18. The van der Waals surface area contributed by atoms with Gasteiger partial charge in [-0.25, -0.2) is 0 Å². The van der Waals surface area contributed by atoms with E-state index in [4.69, 9.17) is 0 Å². The molecular weight excluding hydrogens is 212 g/mol. The lowest BCUT2D eigenvalue weighted by molar-refractivity contribution is 1.41. The van der Waals surface area contributed by atoms with E-state index in [1.807, 2.05) is 12.2 Å². The number of rotatable bonds is 3. The Kier molecular flexibility index (Phi) is 3.30. The highest BCUT2D eigenvalue weighted by Gasteiger charge is 1.94. The number of hydrogen-bond acceptors (Lipinski definition) is 0. The molecule has 0 fully saturated rings. The standard InChI is InChI=1S/C11H11Br/c1-3-9-5-10(4-2)7-11(6-9)8-12/h3-7H,1-2,8H2. The van der Waals surface area contributed by atoms with E-state index in [2.05, 4.69) is 47.3 Å². The maximum absolute atomic E-state index is 3.73. The highest BCUT2D eigenvalue weighted by Crippen LogP contribution is 2.14. The van der Waals surface area contributed by atoms with E-state index in [9.17, 15) is 0 Å². The van der Waals surface area contributed by atoms with Crippen LogP contribution < -0.4 is 0 Å². The van der Waals surface area contributed by atoms with Gasteiger partial charge in [0.15, 0.2) is 0 Å². The first-order valence-electron chi connectivity index (χ1n) is 3.75. The van der Waals surface area contributed by atoms with E-state index in [1.54, 1.807) is 0 Å². The minimum absolute atomic E-state index is 0.871. The molecule has 0 aromatic heterocycles. The Bertz CT molecular complexity index is 274. The molecule has 0 saturated heterocycles. The summed E-state index contributed by atoms with van der Waals surface area (Å²) in [7, 11) is 0. The Labute approximate surface area is 81.7 Å². The summed E-state index contributed by atoms with van der Waals surface area (Å²) in [5.41, 5.74) is 3.53. The molecule has 0 nitrogen and oxygen atoms in total. The largest absolute Gasteiger partial charge is 0.0985 e. The van der Waals surface area contributed by atoms with Gasteiger partial charge in [-0.2, -0.15) is 0 Å². The van der Waals surface area contributed by atoms with Crippen molar-refractivity contribution >= 4 is 28.1 Å². The lowest BCUT2D eigenvalue weighted by Crippen LogP contribution is -1.82. The molecule has 1 aromatic rings. The van der Waals surface area contributed by atoms with Gasteiger partial charge in [-0.15, -0.1) is 0 Å². The normalized spacial score (nSPS) is 9.42. The van der Waals surface area contributed by atoms with Crippen molar-refractivity contribution in [3.63, 3.8) is 0 Å². The Hall–Kier alpha value is -0.820. The third-order valence-electron chi connectivity index (χ3n) is 1.66. The van der Waals surface area contributed by atoms with Crippen LogP contribution in [-0.2, 0) is 5.33 Å². The summed E-state index contributed by atoms with van der Waals surface area (Å²) >= 11 is 3.42. The molecule has 1 rings (SSSR count). The quantitative estimate of drug-likeness (QED) is 0.682. The van der Waals surface area contributed by atoms with Crippen LogP contribution in [0, 0.1) is 0 Å². The molecule has 0 bridgehead atoms. The zero-order valence-electron chi connectivity index (χ0n) is 6.89. The number of hydrogen-bond donors (Lipinski definition) is 0. The minimum atomic E-state index is 0.871. The molecule has 1 aromatic carbocycles. The number of benzene rings is 1. The van der Waals surface area contributed by atoms with Gasteiger partial charge in [0.05, 0.1) is 0 Å². The molecule has 0 saturated carbocycles. The van der Waals surface area contributed by atoms with Gasteiger partial charge in [0.1, 0.15) is 0 Å². The van der Waals surface area contributed by atoms with Crippen LogP contribution in [0.25, 0.3) is 12.2 Å². The second-order valence-electron chi connectivity index (χ2n) is 2.55. The summed E-state index contributed by atoms with van der Waals surface area (Å²) in [6.07, 6.45) is 3.69. The van der Waals surface area contributed by atoms with Crippen LogP contribution in [0.2, 0.25) is 0 Å². The molecule has 0 amide bonds. The second kappa shape index (κ2) is 4.27. The van der Waals surface area contributed by atoms with E-state index in [0.29, 0.717) is 0 Å². The first-order valence-corrected chi connectivity index (χ1v) is 4.87. The third-order valence-corrected chi connectivity index (χ3v) is 2.31. The molecule has 0 heterocycles. The van der Waals surface area contributed by atoms with Crippen molar-refractivity contribution in [2.45, 2.75) is 5.33 Å². The van der Waals surface area contributed by atoms with E-state index in [-0.39, 0.29) is 0 Å². The van der Waals surface area contributed by atoms with Crippen LogP contribution in [0.1, 0.15) is 16.7 Å². The predicted octanol–water partition coefficient (Wildman–Crippen LogP) is 3.87. The van der Waals surface area contributed by atoms with E-state index < -0.39 is 0 Å². The van der Waals surface area contributed by atoms with Crippen molar-refractivity contribution in [1.29, 1.82) is 0 Å². The smallest absolute Gasteiger partial charge is 0.0283 e. The maximum atomic E-state index is 3.73. The Morgan fingerprint density at radius 1 is 1.08 bits per heavy atom. The van der Waals surface area contributed by atoms with Crippen LogP contribution >= 0.6 is 15.9 Å². The van der Waals surface area contributed by atoms with E-state index in [1.165, 1.54) is 5.56 Å². The average Bonchev–Trinajstić information content (AvgIpc) is 2.16. The summed E-state index contributed by atoms with van der Waals surface area (Å²) in [4.78, 5) is 0. The third kappa shape index (κ3) is 2.08. The van der Waals surface area contributed by atoms with Crippen LogP contribution in [-0.4, -0.2) is 0 Å². The molecule has 0 radical (unpaired) electrons. The van der Waals surface area contributed by atoms with Crippen molar-refractivity contribution in [3.05, 3.63) is 48.0 Å². The number of halogens is 1. The van der Waals surface area contributed by atoms with Crippen LogP contribution in [0.3, 0.4) is 0 Å². The van der Waals surface area contributed by atoms with Crippen molar-refractivity contribution in [2.75, 3.05) is 0 Å². The van der Waals surface area contributed by atoms with Gasteiger partial charge in [-0.3, -0.25) is 0 Å². The molecule has 0 atom stereocenters. The van der Waals surface area contributed by atoms with Crippen LogP contribution in [0.15, 0.2) is 31.4 Å². The van der Waals surface area contributed by atoms with Gasteiger partial charge in [-0.05, 0) is 22.8 Å². The summed E-state index contributed by atoms with van der Waals surface area (Å²) in [5, 5.41) is 0.871. The van der Waals surface area contributed by atoms with Crippen molar-refractivity contribution in [3.8, 4) is 0 Å². The highest BCUT2D eigenvalue weighted by molar-refractivity contribution is 9.08. The maximum Gasteiger partial charge on any atom is 0.0283 e. The van der Waals surface area contributed by atoms with Crippen LogP contribution in [0.4, 0.5) is 0 Å².